The Bertz CT molecular complexity index is 501. The number of fused-ring (bicyclic) bond motifs is 1. The molecule has 0 fully saturated rings. The van der Waals surface area contributed by atoms with Gasteiger partial charge in [-0.1, -0.05) is 6.08 Å². The molecule has 3 heteroatoms. The Balaban J connectivity index is 2.41. The van der Waals surface area contributed by atoms with Crippen molar-refractivity contribution < 1.29 is 4.79 Å². The van der Waals surface area contributed by atoms with Crippen LogP contribution in [0.4, 0.5) is 11.4 Å². The van der Waals surface area contributed by atoms with Gasteiger partial charge in [-0.15, -0.1) is 0 Å². The summed E-state index contributed by atoms with van der Waals surface area (Å²) in [6.07, 6.45) is 2.20. The van der Waals surface area contributed by atoms with Crippen molar-refractivity contribution >= 4 is 22.9 Å². The molecule has 0 spiro atoms. The van der Waals surface area contributed by atoms with Gasteiger partial charge in [0.25, 0.3) is 0 Å². The van der Waals surface area contributed by atoms with Crippen LogP contribution in [0.2, 0.25) is 0 Å². The maximum atomic E-state index is 11.0. The summed E-state index contributed by atoms with van der Waals surface area (Å²) >= 11 is 0. The summed E-state index contributed by atoms with van der Waals surface area (Å²) in [5, 5.41) is 6.26. The van der Waals surface area contributed by atoms with Crippen LogP contribution in [0.3, 0.4) is 0 Å². The predicted octanol–water partition coefficient (Wildman–Crippen LogP) is 3.25. The van der Waals surface area contributed by atoms with Crippen molar-refractivity contribution in [3.05, 3.63) is 29.8 Å². The van der Waals surface area contributed by atoms with Gasteiger partial charge in [0.1, 0.15) is 0 Å². The number of nitrogens with one attached hydrogen (secondary N) is 2. The first kappa shape index (κ1) is 11.7. The number of anilines is 2. The van der Waals surface area contributed by atoms with Crippen LogP contribution in [-0.2, 0) is 4.79 Å². The summed E-state index contributed by atoms with van der Waals surface area (Å²) in [4.78, 5) is 11.0. The van der Waals surface area contributed by atoms with E-state index >= 15 is 0 Å². The van der Waals surface area contributed by atoms with Gasteiger partial charge in [-0.05, 0) is 44.5 Å². The fourth-order valence-electron chi connectivity index (χ4n) is 2.26. The average molecular weight is 230 g/mol. The van der Waals surface area contributed by atoms with Crippen molar-refractivity contribution in [1.29, 1.82) is 0 Å². The zero-order valence-corrected chi connectivity index (χ0v) is 10.7. The van der Waals surface area contributed by atoms with E-state index in [4.69, 9.17) is 0 Å². The molecule has 0 bridgehead atoms. The maximum absolute atomic E-state index is 11.0. The summed E-state index contributed by atoms with van der Waals surface area (Å²) in [5.74, 6) is -0.0457. The molecule has 2 N–H and O–H groups in total. The zero-order chi connectivity index (χ0) is 12.6. The van der Waals surface area contributed by atoms with Gasteiger partial charge in [0.15, 0.2) is 0 Å². The lowest BCUT2D eigenvalue weighted by atomic mass is 9.91. The third kappa shape index (κ3) is 2.49. The van der Waals surface area contributed by atoms with E-state index in [1.54, 1.807) is 0 Å². The molecule has 1 aliphatic rings. The number of hydrogen-bond donors (Lipinski definition) is 2. The molecule has 0 radical (unpaired) electrons. The van der Waals surface area contributed by atoms with Crippen LogP contribution in [0, 0.1) is 0 Å². The minimum atomic E-state index is -0.0457. The van der Waals surface area contributed by atoms with Gasteiger partial charge in [0.2, 0.25) is 5.91 Å². The molecule has 0 atom stereocenters. The van der Waals surface area contributed by atoms with Crippen molar-refractivity contribution in [1.82, 2.24) is 0 Å². The number of hydrogen-bond acceptors (Lipinski definition) is 2. The molecule has 1 aromatic carbocycles. The molecule has 2 rings (SSSR count). The molecule has 0 saturated carbocycles. The highest BCUT2D eigenvalue weighted by Gasteiger charge is 2.22. The van der Waals surface area contributed by atoms with Gasteiger partial charge >= 0.3 is 0 Å². The van der Waals surface area contributed by atoms with Crippen LogP contribution in [0.25, 0.3) is 5.57 Å². The highest BCUT2D eigenvalue weighted by Crippen LogP contribution is 2.34. The Morgan fingerprint density at radius 3 is 2.71 bits per heavy atom. The molecule has 17 heavy (non-hydrogen) atoms. The second-order valence-corrected chi connectivity index (χ2v) is 5.12. The fourth-order valence-corrected chi connectivity index (χ4v) is 2.26. The Hall–Kier alpha value is -1.77. The minimum Gasteiger partial charge on any atom is -0.376 e. The third-order valence-corrected chi connectivity index (χ3v) is 2.80. The molecular weight excluding hydrogens is 212 g/mol. The summed E-state index contributed by atoms with van der Waals surface area (Å²) in [7, 11) is 0. The lowest BCUT2D eigenvalue weighted by Gasteiger charge is -2.31. The molecule has 0 unspecified atom stereocenters. The molecule has 3 nitrogen and oxygen atoms in total. The number of allylic oxidation sites excluding steroid dienone is 1. The molecule has 1 aromatic rings. The second-order valence-electron chi connectivity index (χ2n) is 5.12. The standard InChI is InChI=1S/C14H18N2O/c1-9-8-14(3,4)16-13-6-5-11(7-12(9)13)15-10(2)17/h5-8,16H,1-4H3,(H,15,17). The monoisotopic (exact) mass is 230 g/mol. The van der Waals surface area contributed by atoms with Crippen LogP contribution in [0.15, 0.2) is 24.3 Å². The van der Waals surface area contributed by atoms with E-state index in [0.29, 0.717) is 0 Å². The van der Waals surface area contributed by atoms with Gasteiger partial charge in [0, 0.05) is 23.9 Å². The summed E-state index contributed by atoms with van der Waals surface area (Å²) in [6.45, 7) is 7.89. The zero-order valence-electron chi connectivity index (χ0n) is 10.7. The number of carbonyl (C=O) groups excluding carboxylic acids is 1. The van der Waals surface area contributed by atoms with Gasteiger partial charge in [-0.2, -0.15) is 0 Å². The molecule has 90 valence electrons. The normalized spacial score (nSPS) is 16.6. The molecule has 0 aliphatic carbocycles. The van der Waals surface area contributed by atoms with Gasteiger partial charge in [-0.3, -0.25) is 4.79 Å². The summed E-state index contributed by atoms with van der Waals surface area (Å²) in [6, 6.07) is 5.94. The van der Waals surface area contributed by atoms with Crippen molar-refractivity contribution in [3.63, 3.8) is 0 Å². The summed E-state index contributed by atoms with van der Waals surface area (Å²) in [5.41, 5.74) is 4.31. The van der Waals surface area contributed by atoms with E-state index in [9.17, 15) is 4.79 Å². The lowest BCUT2D eigenvalue weighted by Crippen LogP contribution is -2.31. The first-order valence-corrected chi connectivity index (χ1v) is 5.77. The minimum absolute atomic E-state index is 0.0212. The Kier molecular flexibility index (Phi) is 2.69. The second kappa shape index (κ2) is 3.91. The van der Waals surface area contributed by atoms with Crippen LogP contribution < -0.4 is 10.6 Å². The van der Waals surface area contributed by atoms with Gasteiger partial charge in [-0.25, -0.2) is 0 Å². The lowest BCUT2D eigenvalue weighted by molar-refractivity contribution is -0.114. The number of carbonyl (C=O) groups is 1. The first-order chi connectivity index (χ1) is 7.87. The molecule has 1 heterocycles. The van der Waals surface area contributed by atoms with E-state index in [1.165, 1.54) is 12.5 Å². The topological polar surface area (TPSA) is 41.1 Å². The first-order valence-electron chi connectivity index (χ1n) is 5.77. The highest BCUT2D eigenvalue weighted by molar-refractivity contribution is 5.91. The third-order valence-electron chi connectivity index (χ3n) is 2.80. The largest absolute Gasteiger partial charge is 0.376 e. The van der Waals surface area contributed by atoms with E-state index in [1.807, 2.05) is 18.2 Å². The van der Waals surface area contributed by atoms with E-state index in [2.05, 4.69) is 37.5 Å². The van der Waals surface area contributed by atoms with E-state index in [-0.39, 0.29) is 11.4 Å². The molecule has 1 amide bonds. The average Bonchev–Trinajstić information content (AvgIpc) is 2.16. The summed E-state index contributed by atoms with van der Waals surface area (Å²) < 4.78 is 0. The maximum Gasteiger partial charge on any atom is 0.221 e. The smallest absolute Gasteiger partial charge is 0.221 e. The van der Waals surface area contributed by atoms with Crippen molar-refractivity contribution in [2.45, 2.75) is 33.2 Å². The van der Waals surface area contributed by atoms with Crippen LogP contribution >= 0.6 is 0 Å². The Labute approximate surface area is 102 Å². The van der Waals surface area contributed by atoms with Crippen molar-refractivity contribution in [3.8, 4) is 0 Å². The fraction of sp³-hybridized carbons (Fsp3) is 0.357. The van der Waals surface area contributed by atoms with Gasteiger partial charge < -0.3 is 10.6 Å². The molecular formula is C14H18N2O. The number of benzene rings is 1. The molecule has 1 aliphatic heterocycles. The molecule has 0 saturated heterocycles. The number of rotatable bonds is 1. The van der Waals surface area contributed by atoms with Crippen molar-refractivity contribution in [2.24, 2.45) is 0 Å². The van der Waals surface area contributed by atoms with E-state index < -0.39 is 0 Å². The van der Waals surface area contributed by atoms with Crippen LogP contribution in [0.1, 0.15) is 33.3 Å². The highest BCUT2D eigenvalue weighted by atomic mass is 16.1. The SMILES string of the molecule is CC(=O)Nc1ccc2c(c1)C(C)=CC(C)(C)N2. The van der Waals surface area contributed by atoms with Crippen LogP contribution in [0.5, 0.6) is 0 Å². The quantitative estimate of drug-likeness (QED) is 0.777. The molecule has 0 aromatic heterocycles. The van der Waals surface area contributed by atoms with Gasteiger partial charge in [0.05, 0.1) is 5.54 Å². The predicted molar refractivity (Wildman–Crippen MR) is 72.1 cm³/mol. The Morgan fingerprint density at radius 1 is 1.35 bits per heavy atom. The number of amides is 1. The van der Waals surface area contributed by atoms with Crippen LogP contribution in [-0.4, -0.2) is 11.4 Å². The Morgan fingerprint density at radius 2 is 2.06 bits per heavy atom. The van der Waals surface area contributed by atoms with Crippen molar-refractivity contribution in [2.75, 3.05) is 10.6 Å². The van der Waals surface area contributed by atoms with E-state index in [0.717, 1.165) is 16.9 Å².